The predicted molar refractivity (Wildman–Crippen MR) is 64.8 cm³/mol. The SMILES string of the molecule is Cc1ccncc1C1C(C(=O)O)CCC(=O)N1C. The first-order valence-electron chi connectivity index (χ1n) is 5.91. The minimum absolute atomic E-state index is 0.0132. The second-order valence-electron chi connectivity index (χ2n) is 4.67. The van der Waals surface area contributed by atoms with Gasteiger partial charge in [-0.05, 0) is 30.5 Å². The van der Waals surface area contributed by atoms with Gasteiger partial charge in [0, 0.05) is 25.9 Å². The van der Waals surface area contributed by atoms with Gasteiger partial charge >= 0.3 is 5.97 Å². The van der Waals surface area contributed by atoms with Crippen LogP contribution in [0.2, 0.25) is 0 Å². The molecule has 2 rings (SSSR count). The van der Waals surface area contributed by atoms with Crippen LogP contribution in [-0.4, -0.2) is 33.9 Å². The van der Waals surface area contributed by atoms with E-state index in [1.54, 1.807) is 19.4 Å². The van der Waals surface area contributed by atoms with Gasteiger partial charge in [-0.3, -0.25) is 14.6 Å². The largest absolute Gasteiger partial charge is 0.481 e. The Morgan fingerprint density at radius 2 is 2.28 bits per heavy atom. The van der Waals surface area contributed by atoms with E-state index in [-0.39, 0.29) is 5.91 Å². The Hall–Kier alpha value is -1.91. The summed E-state index contributed by atoms with van der Waals surface area (Å²) in [6.07, 6.45) is 4.01. The van der Waals surface area contributed by atoms with Crippen LogP contribution in [0.3, 0.4) is 0 Å². The zero-order valence-electron chi connectivity index (χ0n) is 10.5. The Morgan fingerprint density at radius 1 is 1.56 bits per heavy atom. The van der Waals surface area contributed by atoms with E-state index in [0.717, 1.165) is 11.1 Å². The minimum atomic E-state index is -0.859. The normalized spacial score (nSPS) is 24.1. The standard InChI is InChI=1S/C13H16N2O3/c1-8-5-6-14-7-10(8)12-9(13(17)18)3-4-11(16)15(12)2/h5-7,9,12H,3-4H2,1-2H3,(H,17,18). The van der Waals surface area contributed by atoms with Crippen LogP contribution in [0.25, 0.3) is 0 Å². The van der Waals surface area contributed by atoms with Crippen molar-refractivity contribution in [3.63, 3.8) is 0 Å². The molecule has 1 amide bonds. The molecule has 1 aliphatic rings. The molecule has 1 fully saturated rings. The quantitative estimate of drug-likeness (QED) is 0.858. The molecular weight excluding hydrogens is 232 g/mol. The van der Waals surface area contributed by atoms with Gasteiger partial charge in [-0.1, -0.05) is 0 Å². The van der Waals surface area contributed by atoms with E-state index in [2.05, 4.69) is 4.98 Å². The molecule has 0 spiro atoms. The van der Waals surface area contributed by atoms with E-state index in [4.69, 9.17) is 0 Å². The smallest absolute Gasteiger partial charge is 0.308 e. The van der Waals surface area contributed by atoms with Crippen molar-refractivity contribution in [1.82, 2.24) is 9.88 Å². The summed E-state index contributed by atoms with van der Waals surface area (Å²) in [7, 11) is 1.66. The van der Waals surface area contributed by atoms with Crippen LogP contribution in [0, 0.1) is 12.8 Å². The third-order valence-corrected chi connectivity index (χ3v) is 3.58. The summed E-state index contributed by atoms with van der Waals surface area (Å²) >= 11 is 0. The Kier molecular flexibility index (Phi) is 3.32. The summed E-state index contributed by atoms with van der Waals surface area (Å²) < 4.78 is 0. The maximum absolute atomic E-state index is 11.8. The maximum atomic E-state index is 11.8. The number of likely N-dealkylation sites (tertiary alicyclic amines) is 1. The summed E-state index contributed by atoms with van der Waals surface area (Å²) in [6, 6.07) is 1.42. The number of carboxylic acids is 1. The molecule has 1 saturated heterocycles. The van der Waals surface area contributed by atoms with Gasteiger partial charge in [0.15, 0.2) is 0 Å². The summed E-state index contributed by atoms with van der Waals surface area (Å²) in [4.78, 5) is 28.7. The van der Waals surface area contributed by atoms with E-state index in [1.165, 1.54) is 4.90 Å². The first kappa shape index (κ1) is 12.5. The van der Waals surface area contributed by atoms with Crippen molar-refractivity contribution in [2.75, 3.05) is 7.05 Å². The van der Waals surface area contributed by atoms with Gasteiger partial charge in [-0.15, -0.1) is 0 Å². The lowest BCUT2D eigenvalue weighted by atomic mass is 9.84. The van der Waals surface area contributed by atoms with Crippen LogP contribution in [0.4, 0.5) is 0 Å². The minimum Gasteiger partial charge on any atom is -0.481 e. The summed E-state index contributed by atoms with van der Waals surface area (Å²) in [5, 5.41) is 9.31. The van der Waals surface area contributed by atoms with Crippen LogP contribution in [0.1, 0.15) is 30.0 Å². The molecule has 5 nitrogen and oxygen atoms in total. The summed E-state index contributed by atoms with van der Waals surface area (Å²) in [5.74, 6) is -1.43. The number of aromatic nitrogens is 1. The van der Waals surface area contributed by atoms with Gasteiger partial charge in [-0.2, -0.15) is 0 Å². The monoisotopic (exact) mass is 248 g/mol. The van der Waals surface area contributed by atoms with Gasteiger partial charge in [0.05, 0.1) is 12.0 Å². The van der Waals surface area contributed by atoms with Crippen LogP contribution in [0.15, 0.2) is 18.5 Å². The first-order chi connectivity index (χ1) is 8.52. The Morgan fingerprint density at radius 3 is 2.89 bits per heavy atom. The van der Waals surface area contributed by atoms with Gasteiger partial charge < -0.3 is 10.0 Å². The highest BCUT2D eigenvalue weighted by molar-refractivity contribution is 5.81. The number of aryl methyl sites for hydroxylation is 1. The van der Waals surface area contributed by atoms with Crippen LogP contribution >= 0.6 is 0 Å². The molecule has 0 saturated carbocycles. The lowest BCUT2D eigenvalue weighted by Crippen LogP contribution is -2.43. The lowest BCUT2D eigenvalue weighted by Gasteiger charge is -2.37. The number of aliphatic carboxylic acids is 1. The molecule has 0 aliphatic carbocycles. The van der Waals surface area contributed by atoms with Gasteiger partial charge in [0.1, 0.15) is 0 Å². The molecule has 2 atom stereocenters. The molecule has 1 aliphatic heterocycles. The second kappa shape index (κ2) is 4.76. The van der Waals surface area contributed by atoms with E-state index < -0.39 is 17.9 Å². The molecule has 1 aromatic rings. The van der Waals surface area contributed by atoms with Gasteiger partial charge in [0.25, 0.3) is 0 Å². The van der Waals surface area contributed by atoms with Gasteiger partial charge in [0.2, 0.25) is 5.91 Å². The highest BCUT2D eigenvalue weighted by Gasteiger charge is 2.39. The Labute approximate surface area is 105 Å². The van der Waals surface area contributed by atoms with Crippen molar-refractivity contribution in [3.8, 4) is 0 Å². The fraction of sp³-hybridized carbons (Fsp3) is 0.462. The topological polar surface area (TPSA) is 70.5 Å². The fourth-order valence-electron chi connectivity index (χ4n) is 2.51. The van der Waals surface area contributed by atoms with E-state index in [9.17, 15) is 14.7 Å². The van der Waals surface area contributed by atoms with E-state index in [1.807, 2.05) is 13.0 Å². The number of pyridine rings is 1. The van der Waals surface area contributed by atoms with Crippen molar-refractivity contribution >= 4 is 11.9 Å². The number of hydrogen-bond donors (Lipinski definition) is 1. The van der Waals surface area contributed by atoms with Crippen molar-refractivity contribution < 1.29 is 14.7 Å². The molecule has 2 unspecified atom stereocenters. The second-order valence-corrected chi connectivity index (χ2v) is 4.67. The van der Waals surface area contributed by atoms with Crippen molar-refractivity contribution in [3.05, 3.63) is 29.6 Å². The van der Waals surface area contributed by atoms with Crippen molar-refractivity contribution in [1.29, 1.82) is 0 Å². The van der Waals surface area contributed by atoms with Gasteiger partial charge in [-0.25, -0.2) is 0 Å². The van der Waals surface area contributed by atoms with E-state index >= 15 is 0 Å². The molecule has 1 N–H and O–H groups in total. The zero-order valence-corrected chi connectivity index (χ0v) is 10.5. The Balaban J connectivity index is 2.44. The third kappa shape index (κ3) is 2.08. The molecule has 5 heteroatoms. The maximum Gasteiger partial charge on any atom is 0.308 e. The van der Waals surface area contributed by atoms with Crippen LogP contribution in [0.5, 0.6) is 0 Å². The van der Waals surface area contributed by atoms with Crippen LogP contribution in [-0.2, 0) is 9.59 Å². The molecule has 1 aromatic heterocycles. The number of rotatable bonds is 2. The van der Waals surface area contributed by atoms with Crippen molar-refractivity contribution in [2.45, 2.75) is 25.8 Å². The zero-order chi connectivity index (χ0) is 13.3. The number of carboxylic acid groups (broad SMARTS) is 1. The van der Waals surface area contributed by atoms with E-state index in [0.29, 0.717) is 12.8 Å². The highest BCUT2D eigenvalue weighted by atomic mass is 16.4. The number of carbonyl (C=O) groups excluding carboxylic acids is 1. The fourth-order valence-corrected chi connectivity index (χ4v) is 2.51. The first-order valence-corrected chi connectivity index (χ1v) is 5.91. The summed E-state index contributed by atoms with van der Waals surface area (Å²) in [5.41, 5.74) is 1.78. The average Bonchev–Trinajstić information content (AvgIpc) is 2.33. The number of nitrogens with zero attached hydrogens (tertiary/aromatic N) is 2. The molecule has 18 heavy (non-hydrogen) atoms. The lowest BCUT2D eigenvalue weighted by molar-refractivity contribution is -0.150. The molecule has 2 heterocycles. The predicted octanol–water partition coefficient (Wildman–Crippen LogP) is 1.38. The third-order valence-electron chi connectivity index (χ3n) is 3.58. The number of carbonyl (C=O) groups is 2. The molecular formula is C13H16N2O3. The van der Waals surface area contributed by atoms with Crippen LogP contribution < -0.4 is 0 Å². The summed E-state index contributed by atoms with van der Waals surface area (Å²) in [6.45, 7) is 1.91. The molecule has 0 bridgehead atoms. The molecule has 96 valence electrons. The average molecular weight is 248 g/mol. The molecule has 0 aromatic carbocycles. The number of amides is 1. The highest BCUT2D eigenvalue weighted by Crippen LogP contribution is 2.36. The van der Waals surface area contributed by atoms with Crippen molar-refractivity contribution in [2.24, 2.45) is 5.92 Å². The number of hydrogen-bond acceptors (Lipinski definition) is 3. The number of piperidine rings is 1. The molecule has 0 radical (unpaired) electrons. The Bertz CT molecular complexity index is 487.